The molecule has 3 rings (SSSR count). The van der Waals surface area contributed by atoms with Crippen LogP contribution in [0.4, 0.5) is 4.39 Å². The highest BCUT2D eigenvalue weighted by atomic mass is 79.9. The van der Waals surface area contributed by atoms with Gasteiger partial charge in [0, 0.05) is 10.9 Å². The molecule has 0 spiro atoms. The summed E-state index contributed by atoms with van der Waals surface area (Å²) in [5, 5.41) is 0. The van der Waals surface area contributed by atoms with Crippen molar-refractivity contribution in [3.63, 3.8) is 0 Å². The van der Waals surface area contributed by atoms with Crippen molar-refractivity contribution >= 4 is 66.4 Å². The first kappa shape index (κ1) is 13.5. The van der Waals surface area contributed by atoms with Crippen LogP contribution in [0.3, 0.4) is 0 Å². The number of benzene rings is 1. The first-order valence-corrected chi connectivity index (χ1v) is 8.17. The maximum absolute atomic E-state index is 13.7. The van der Waals surface area contributed by atoms with Gasteiger partial charge in [-0.1, -0.05) is 0 Å². The van der Waals surface area contributed by atoms with Gasteiger partial charge in [-0.2, -0.15) is 0 Å². The second-order valence-corrected chi connectivity index (χ2v) is 7.79. The van der Waals surface area contributed by atoms with Crippen molar-refractivity contribution < 1.29 is 4.39 Å². The van der Waals surface area contributed by atoms with E-state index in [0.717, 1.165) is 19.7 Å². The van der Waals surface area contributed by atoms with Gasteiger partial charge in [-0.15, -0.1) is 11.3 Å². The van der Waals surface area contributed by atoms with Gasteiger partial charge in [0.1, 0.15) is 5.82 Å². The van der Waals surface area contributed by atoms with E-state index in [1.165, 1.54) is 6.07 Å². The van der Waals surface area contributed by atoms with Gasteiger partial charge in [0.15, 0.2) is 4.77 Å². The molecule has 7 heteroatoms. The van der Waals surface area contributed by atoms with Crippen LogP contribution >= 0.6 is 55.4 Å². The van der Waals surface area contributed by atoms with Crippen LogP contribution in [0.15, 0.2) is 32.5 Å². The monoisotopic (exact) mass is 420 g/mol. The normalized spacial score (nSPS) is 11.3. The molecule has 0 saturated heterocycles. The fraction of sp³-hybridized carbons (Fsp3) is 0.0833. The molecule has 0 amide bonds. The molecule has 3 aromatic rings. The molecule has 0 aliphatic heterocycles. The van der Waals surface area contributed by atoms with Gasteiger partial charge in [-0.05, 0) is 62.3 Å². The number of halogens is 3. The number of hydrogen-bond acceptors (Lipinski definition) is 2. The second-order valence-electron chi connectivity index (χ2n) is 4.01. The molecule has 1 aromatic carbocycles. The molecule has 0 unspecified atom stereocenters. The van der Waals surface area contributed by atoms with E-state index in [1.54, 1.807) is 17.4 Å². The molecule has 19 heavy (non-hydrogen) atoms. The number of aromatic amines is 1. The number of fused-ring (bicyclic) bond motifs is 1. The predicted octanol–water partition coefficient (Wildman–Crippen LogP) is 5.47. The fourth-order valence-corrected chi connectivity index (χ4v) is 3.99. The van der Waals surface area contributed by atoms with E-state index >= 15 is 0 Å². The Balaban J connectivity index is 2.15. The lowest BCUT2D eigenvalue weighted by Crippen LogP contribution is -1.97. The quantitative estimate of drug-likeness (QED) is 0.544. The Morgan fingerprint density at radius 2 is 2.11 bits per heavy atom. The van der Waals surface area contributed by atoms with E-state index < -0.39 is 0 Å². The Bertz CT molecular complexity index is 819. The maximum Gasteiger partial charge on any atom is 0.178 e. The Morgan fingerprint density at radius 3 is 2.79 bits per heavy atom. The molecule has 0 bridgehead atoms. The van der Waals surface area contributed by atoms with Crippen LogP contribution < -0.4 is 0 Å². The van der Waals surface area contributed by atoms with Gasteiger partial charge >= 0.3 is 0 Å². The molecule has 2 heterocycles. The van der Waals surface area contributed by atoms with Crippen molar-refractivity contribution in [1.29, 1.82) is 0 Å². The highest BCUT2D eigenvalue weighted by molar-refractivity contribution is 9.11. The second kappa shape index (κ2) is 5.12. The predicted molar refractivity (Wildman–Crippen MR) is 85.9 cm³/mol. The molecule has 2 nitrogen and oxygen atoms in total. The topological polar surface area (TPSA) is 20.7 Å². The van der Waals surface area contributed by atoms with Crippen molar-refractivity contribution in [3.8, 4) is 0 Å². The van der Waals surface area contributed by atoms with Crippen LogP contribution in [-0.2, 0) is 6.54 Å². The van der Waals surface area contributed by atoms with Crippen molar-refractivity contribution in [2.24, 2.45) is 0 Å². The summed E-state index contributed by atoms with van der Waals surface area (Å²) in [6, 6.07) is 7.23. The number of aromatic nitrogens is 2. The molecule has 0 radical (unpaired) electrons. The smallest absolute Gasteiger partial charge is 0.178 e. The van der Waals surface area contributed by atoms with E-state index in [2.05, 4.69) is 36.8 Å². The molecular formula is C12H7Br2FN2S2. The van der Waals surface area contributed by atoms with Crippen LogP contribution in [0.5, 0.6) is 0 Å². The zero-order valence-electron chi connectivity index (χ0n) is 9.41. The maximum atomic E-state index is 13.7. The summed E-state index contributed by atoms with van der Waals surface area (Å²) < 4.78 is 17.7. The van der Waals surface area contributed by atoms with Crippen molar-refractivity contribution in [3.05, 3.63) is 48.0 Å². The minimum atomic E-state index is -0.289. The summed E-state index contributed by atoms with van der Waals surface area (Å²) in [7, 11) is 0. The van der Waals surface area contributed by atoms with Gasteiger partial charge < -0.3 is 9.55 Å². The van der Waals surface area contributed by atoms with Crippen molar-refractivity contribution in [2.75, 3.05) is 0 Å². The molecule has 1 N–H and O–H groups in total. The highest BCUT2D eigenvalue weighted by Crippen LogP contribution is 2.26. The van der Waals surface area contributed by atoms with E-state index in [9.17, 15) is 4.39 Å². The Hall–Kier alpha value is -0.500. The van der Waals surface area contributed by atoms with Crippen molar-refractivity contribution in [1.82, 2.24) is 9.55 Å². The zero-order valence-corrected chi connectivity index (χ0v) is 14.2. The first-order chi connectivity index (χ1) is 9.04. The zero-order chi connectivity index (χ0) is 13.6. The van der Waals surface area contributed by atoms with E-state index in [0.29, 0.717) is 15.8 Å². The van der Waals surface area contributed by atoms with Gasteiger partial charge in [0.2, 0.25) is 0 Å². The van der Waals surface area contributed by atoms with Gasteiger partial charge in [0.05, 0.1) is 25.8 Å². The lowest BCUT2D eigenvalue weighted by molar-refractivity contribution is 0.622. The number of H-pyrrole nitrogens is 1. The summed E-state index contributed by atoms with van der Waals surface area (Å²) in [6.45, 7) is 0.635. The largest absolute Gasteiger partial charge is 0.331 e. The summed E-state index contributed by atoms with van der Waals surface area (Å²) in [5.41, 5.74) is 1.60. The summed E-state index contributed by atoms with van der Waals surface area (Å²) in [4.78, 5) is 4.26. The van der Waals surface area contributed by atoms with Crippen LogP contribution in [0, 0.1) is 10.6 Å². The number of hydrogen-bond donors (Lipinski definition) is 1. The number of nitrogens with one attached hydrogen (secondary N) is 1. The van der Waals surface area contributed by atoms with Crippen LogP contribution in [0.25, 0.3) is 11.0 Å². The molecule has 0 aliphatic rings. The fourth-order valence-electron chi connectivity index (χ4n) is 1.90. The third-order valence-corrected chi connectivity index (χ3v) is 5.30. The minimum Gasteiger partial charge on any atom is -0.331 e. The number of imidazole rings is 1. The van der Waals surface area contributed by atoms with Crippen LogP contribution in [0.2, 0.25) is 0 Å². The Kier molecular flexibility index (Phi) is 3.63. The number of thiophene rings is 1. The third-order valence-electron chi connectivity index (χ3n) is 2.76. The van der Waals surface area contributed by atoms with Gasteiger partial charge in [0.25, 0.3) is 0 Å². The van der Waals surface area contributed by atoms with Gasteiger partial charge in [-0.25, -0.2) is 4.39 Å². The average molecular weight is 422 g/mol. The average Bonchev–Trinajstić information content (AvgIpc) is 2.87. The molecule has 98 valence electrons. The third kappa shape index (κ3) is 2.56. The molecular weight excluding hydrogens is 415 g/mol. The summed E-state index contributed by atoms with van der Waals surface area (Å²) in [6.07, 6.45) is 0. The molecule has 0 atom stereocenters. The first-order valence-electron chi connectivity index (χ1n) is 5.36. The molecule has 0 saturated carbocycles. The van der Waals surface area contributed by atoms with Crippen molar-refractivity contribution in [2.45, 2.75) is 6.54 Å². The van der Waals surface area contributed by atoms with E-state index in [-0.39, 0.29) is 5.82 Å². The highest BCUT2D eigenvalue weighted by Gasteiger charge is 2.10. The van der Waals surface area contributed by atoms with Gasteiger partial charge in [-0.3, -0.25) is 0 Å². The summed E-state index contributed by atoms with van der Waals surface area (Å²) in [5.74, 6) is -0.289. The Morgan fingerprint density at radius 1 is 1.32 bits per heavy atom. The number of rotatable bonds is 2. The molecule has 2 aromatic heterocycles. The minimum absolute atomic E-state index is 0.289. The Labute approximate surface area is 134 Å². The molecule has 0 fully saturated rings. The summed E-state index contributed by atoms with van der Waals surface area (Å²) >= 11 is 13.6. The van der Waals surface area contributed by atoms with Crippen LogP contribution in [-0.4, -0.2) is 9.55 Å². The van der Waals surface area contributed by atoms with E-state index in [1.807, 2.05) is 16.7 Å². The van der Waals surface area contributed by atoms with Crippen LogP contribution in [0.1, 0.15) is 4.88 Å². The SMILES string of the molecule is Fc1cc2c(cc1Br)[nH]c(=S)n2Cc1ccc(Br)s1. The lowest BCUT2D eigenvalue weighted by Gasteiger charge is -2.03. The molecule has 0 aliphatic carbocycles. The lowest BCUT2D eigenvalue weighted by atomic mass is 10.3. The number of nitrogens with zero attached hydrogens (tertiary/aromatic N) is 1. The van der Waals surface area contributed by atoms with E-state index in [4.69, 9.17) is 12.2 Å². The standard InChI is InChI=1S/C12H7Br2FN2S2/c13-7-3-9-10(4-8(7)15)17(12(18)16-9)5-6-1-2-11(14)19-6/h1-4H,5H2,(H,16,18).